The molecule has 0 aromatic heterocycles. The van der Waals surface area contributed by atoms with E-state index in [1.165, 1.54) is 42.5 Å². The second kappa shape index (κ2) is 15.8. The number of aliphatic hydroxyl groups excluding tert-OH is 7. The van der Waals surface area contributed by atoms with Gasteiger partial charge in [-0.3, -0.25) is 0 Å². The predicted molar refractivity (Wildman–Crippen MR) is 160 cm³/mol. The fourth-order valence-corrected chi connectivity index (χ4v) is 5.08. The topological polar surface area (TPSA) is 231 Å². The monoisotopic (exact) mass is 672 g/mol. The first-order valence-electron chi connectivity index (χ1n) is 15.0. The van der Waals surface area contributed by atoms with Gasteiger partial charge in [0.25, 0.3) is 0 Å². The van der Waals surface area contributed by atoms with Gasteiger partial charge in [0.2, 0.25) is 12.6 Å². The van der Waals surface area contributed by atoms with Crippen LogP contribution in [0.1, 0.15) is 26.3 Å². The number of aliphatic hydroxyl groups is 7. The van der Waals surface area contributed by atoms with Crippen LogP contribution in [-0.2, 0) is 25.6 Å². The lowest BCUT2D eigenvalue weighted by atomic mass is 9.99. The maximum Gasteiger partial charge on any atom is 0.342 e. The molecule has 2 aliphatic rings. The van der Waals surface area contributed by atoms with Crippen LogP contribution in [0.4, 0.5) is 0 Å². The lowest BCUT2D eigenvalue weighted by Crippen LogP contribution is -2.60. The van der Waals surface area contributed by atoms with Crippen LogP contribution in [0.5, 0.6) is 11.5 Å². The molecule has 7 N–H and O–H groups in total. The molecule has 10 atom stereocenters. The second-order valence-electron chi connectivity index (χ2n) is 11.1. The average molecular weight is 673 g/mol. The first-order chi connectivity index (χ1) is 23.1. The van der Waals surface area contributed by atoms with Crippen molar-refractivity contribution in [3.05, 3.63) is 95.6 Å². The molecule has 2 fully saturated rings. The molecule has 0 aliphatic carbocycles. The summed E-state index contributed by atoms with van der Waals surface area (Å²) in [5.74, 6) is -1.55. The summed E-state index contributed by atoms with van der Waals surface area (Å²) in [4.78, 5) is 25.6. The third kappa shape index (κ3) is 7.92. The Morgan fingerprint density at radius 2 is 1.12 bits per heavy atom. The highest BCUT2D eigenvalue weighted by molar-refractivity contribution is 5.92. The zero-order valence-corrected chi connectivity index (χ0v) is 25.3. The SMILES string of the molecule is O=C(OCC1OC(Oc2ccccc2C(=O)OCc2ccccc2OC2OC(CO)C(O)C(O)C2O)C(O)C(O)C1O)c1ccccc1. The minimum Gasteiger partial charge on any atom is -0.462 e. The third-order valence-corrected chi connectivity index (χ3v) is 7.83. The van der Waals surface area contributed by atoms with Crippen molar-refractivity contribution in [1.82, 2.24) is 0 Å². The lowest BCUT2D eigenvalue weighted by molar-refractivity contribution is -0.277. The van der Waals surface area contributed by atoms with Gasteiger partial charge < -0.3 is 64.2 Å². The van der Waals surface area contributed by atoms with Gasteiger partial charge in [0.15, 0.2) is 0 Å². The van der Waals surface area contributed by atoms with Crippen LogP contribution in [0.3, 0.4) is 0 Å². The molecule has 5 rings (SSSR count). The summed E-state index contributed by atoms with van der Waals surface area (Å²) in [5.41, 5.74) is 0.497. The number of esters is 2. The summed E-state index contributed by atoms with van der Waals surface area (Å²) in [5, 5.41) is 71.5. The van der Waals surface area contributed by atoms with Crippen molar-refractivity contribution < 1.29 is 73.8 Å². The molecule has 3 aromatic rings. The predicted octanol–water partition coefficient (Wildman–Crippen LogP) is -0.734. The van der Waals surface area contributed by atoms with E-state index in [1.54, 1.807) is 36.4 Å². The summed E-state index contributed by atoms with van der Waals surface area (Å²) in [7, 11) is 0. The van der Waals surface area contributed by atoms with E-state index in [0.717, 1.165) is 0 Å². The molecule has 0 spiro atoms. The van der Waals surface area contributed by atoms with E-state index in [-0.39, 0.29) is 29.2 Å². The van der Waals surface area contributed by atoms with Crippen LogP contribution in [0.15, 0.2) is 78.9 Å². The Kier molecular flexibility index (Phi) is 11.6. The van der Waals surface area contributed by atoms with Crippen molar-refractivity contribution in [2.24, 2.45) is 0 Å². The van der Waals surface area contributed by atoms with E-state index in [4.69, 9.17) is 28.4 Å². The van der Waals surface area contributed by atoms with Gasteiger partial charge in [-0.15, -0.1) is 0 Å². The molecule has 2 aliphatic heterocycles. The van der Waals surface area contributed by atoms with Gasteiger partial charge in [0, 0.05) is 5.56 Å². The highest BCUT2D eigenvalue weighted by Gasteiger charge is 2.46. The van der Waals surface area contributed by atoms with Crippen molar-refractivity contribution in [2.75, 3.05) is 13.2 Å². The maximum absolute atomic E-state index is 13.2. The van der Waals surface area contributed by atoms with Gasteiger partial charge in [-0.05, 0) is 30.3 Å². The lowest BCUT2D eigenvalue weighted by Gasteiger charge is -2.40. The number of carbonyl (C=O) groups is 2. The summed E-state index contributed by atoms with van der Waals surface area (Å²) in [6.45, 7) is -1.47. The number of para-hydroxylation sites is 2. The van der Waals surface area contributed by atoms with Crippen molar-refractivity contribution >= 4 is 11.9 Å². The van der Waals surface area contributed by atoms with E-state index in [1.807, 2.05) is 0 Å². The third-order valence-electron chi connectivity index (χ3n) is 7.83. The zero-order valence-electron chi connectivity index (χ0n) is 25.3. The van der Waals surface area contributed by atoms with Gasteiger partial charge in [0.1, 0.15) is 79.1 Å². The van der Waals surface area contributed by atoms with E-state index in [9.17, 15) is 45.3 Å². The molecular formula is C33H36O15. The minimum atomic E-state index is -1.75. The van der Waals surface area contributed by atoms with Crippen molar-refractivity contribution in [1.29, 1.82) is 0 Å². The van der Waals surface area contributed by atoms with E-state index < -0.39 is 86.6 Å². The van der Waals surface area contributed by atoms with Crippen LogP contribution in [-0.4, -0.2) is 122 Å². The van der Waals surface area contributed by atoms with E-state index in [0.29, 0.717) is 5.56 Å². The van der Waals surface area contributed by atoms with Gasteiger partial charge >= 0.3 is 11.9 Å². The quantitative estimate of drug-likeness (QED) is 0.124. The van der Waals surface area contributed by atoms with E-state index in [2.05, 4.69) is 0 Å². The highest BCUT2D eigenvalue weighted by atomic mass is 16.7. The fourth-order valence-electron chi connectivity index (χ4n) is 5.08. The molecule has 15 heteroatoms. The Bertz CT molecular complexity index is 1520. The maximum atomic E-state index is 13.2. The summed E-state index contributed by atoms with van der Waals surface area (Å²) < 4.78 is 33.3. The highest BCUT2D eigenvalue weighted by Crippen LogP contribution is 2.30. The number of carbonyl (C=O) groups excluding carboxylic acids is 2. The minimum absolute atomic E-state index is 0.0895. The standard InChI is InChI=1S/C33H36O15/c34-14-22-24(35)26(37)28(39)32(47-22)45-20-12-6-4-10-18(20)15-43-31(42)19-11-5-7-13-21(19)46-33-29(40)27(38)25(36)23(48-33)16-44-30(41)17-8-2-1-3-9-17/h1-13,22-29,32-40H,14-16H2. The van der Waals surface area contributed by atoms with Crippen LogP contribution in [0, 0.1) is 0 Å². The summed E-state index contributed by atoms with van der Waals surface area (Å²) >= 11 is 0. The van der Waals surface area contributed by atoms with Gasteiger partial charge in [0.05, 0.1) is 12.2 Å². The van der Waals surface area contributed by atoms with Gasteiger partial charge in [-0.1, -0.05) is 48.5 Å². The number of hydrogen-bond acceptors (Lipinski definition) is 15. The van der Waals surface area contributed by atoms with Crippen molar-refractivity contribution in [3.63, 3.8) is 0 Å². The van der Waals surface area contributed by atoms with Gasteiger partial charge in [-0.2, -0.15) is 0 Å². The normalized spacial score (nSPS) is 30.2. The molecule has 10 unspecified atom stereocenters. The van der Waals surface area contributed by atoms with E-state index >= 15 is 0 Å². The summed E-state index contributed by atoms with van der Waals surface area (Å²) in [6, 6.07) is 20.2. The number of hydrogen-bond donors (Lipinski definition) is 7. The number of ether oxygens (including phenoxy) is 6. The van der Waals surface area contributed by atoms with Crippen LogP contribution >= 0.6 is 0 Å². The Labute approximate surface area is 274 Å². The molecular weight excluding hydrogens is 636 g/mol. The molecule has 0 bridgehead atoms. The molecule has 2 saturated heterocycles. The molecule has 3 aromatic carbocycles. The average Bonchev–Trinajstić information content (AvgIpc) is 3.11. The second-order valence-corrected chi connectivity index (χ2v) is 11.1. The van der Waals surface area contributed by atoms with Crippen LogP contribution in [0.25, 0.3) is 0 Å². The molecule has 15 nitrogen and oxygen atoms in total. The zero-order chi connectivity index (χ0) is 34.4. The molecule has 0 saturated carbocycles. The summed E-state index contributed by atoms with van der Waals surface area (Å²) in [6.07, 6.45) is -15.5. The Morgan fingerprint density at radius 3 is 1.79 bits per heavy atom. The first-order valence-corrected chi connectivity index (χ1v) is 15.0. The van der Waals surface area contributed by atoms with Crippen LogP contribution < -0.4 is 9.47 Å². The van der Waals surface area contributed by atoms with Crippen molar-refractivity contribution in [2.45, 2.75) is 68.0 Å². The number of benzene rings is 3. The Balaban J connectivity index is 1.23. The van der Waals surface area contributed by atoms with Crippen LogP contribution in [0.2, 0.25) is 0 Å². The number of rotatable bonds is 11. The largest absolute Gasteiger partial charge is 0.462 e. The molecule has 48 heavy (non-hydrogen) atoms. The van der Waals surface area contributed by atoms with Gasteiger partial charge in [-0.25, -0.2) is 9.59 Å². The fraction of sp³-hybridized carbons (Fsp3) is 0.394. The Morgan fingerprint density at radius 1 is 0.583 bits per heavy atom. The first kappa shape index (κ1) is 35.2. The molecule has 0 amide bonds. The molecule has 258 valence electrons. The molecule has 0 radical (unpaired) electrons. The smallest absolute Gasteiger partial charge is 0.342 e. The molecule has 2 heterocycles. The Hall–Kier alpha value is -4.16. The van der Waals surface area contributed by atoms with Crippen molar-refractivity contribution in [3.8, 4) is 11.5 Å².